The van der Waals surface area contributed by atoms with E-state index in [4.69, 9.17) is 39.5 Å². The van der Waals surface area contributed by atoms with Crippen LogP contribution < -0.4 is 10.1 Å². The van der Waals surface area contributed by atoms with Gasteiger partial charge in [-0.2, -0.15) is 0 Å². The second-order valence-electron chi connectivity index (χ2n) is 6.46. The number of nitrogens with zero attached hydrogens (tertiary/aromatic N) is 1. The third kappa shape index (κ3) is 6.01. The van der Waals surface area contributed by atoms with Gasteiger partial charge < -0.3 is 15.0 Å². The van der Waals surface area contributed by atoms with Gasteiger partial charge in [0.15, 0.2) is 6.61 Å². The highest BCUT2D eigenvalue weighted by Gasteiger charge is 2.29. The zero-order valence-electron chi connectivity index (χ0n) is 16.5. The molecule has 0 unspecified atom stereocenters. The zero-order chi connectivity index (χ0) is 21.6. The summed E-state index contributed by atoms with van der Waals surface area (Å²) >= 11 is 18.6. The number of benzene rings is 2. The first kappa shape index (κ1) is 23.3. The Morgan fingerprint density at radius 1 is 1.10 bits per heavy atom. The molecule has 0 aliphatic carbocycles. The molecule has 5 nitrogen and oxygen atoms in total. The highest BCUT2D eigenvalue weighted by Crippen LogP contribution is 2.27. The third-order valence-electron chi connectivity index (χ3n) is 4.51. The molecule has 156 valence electrons. The molecule has 0 aliphatic heterocycles. The summed E-state index contributed by atoms with van der Waals surface area (Å²) in [5.41, 5.74) is 1.42. The lowest BCUT2D eigenvalue weighted by atomic mass is 10.1. The fourth-order valence-electron chi connectivity index (χ4n) is 2.87. The Balaban J connectivity index is 2.26. The largest absolute Gasteiger partial charge is 0.484 e. The van der Waals surface area contributed by atoms with Crippen molar-refractivity contribution in [3.8, 4) is 5.75 Å². The molecule has 0 aliphatic rings. The smallest absolute Gasteiger partial charge is 0.261 e. The number of amides is 2. The lowest BCUT2D eigenvalue weighted by Crippen LogP contribution is -2.49. The quantitative estimate of drug-likeness (QED) is 0.614. The van der Waals surface area contributed by atoms with Crippen LogP contribution in [0.3, 0.4) is 0 Å². The first-order valence-corrected chi connectivity index (χ1v) is 10.2. The van der Waals surface area contributed by atoms with Crippen LogP contribution >= 0.6 is 34.8 Å². The first-order chi connectivity index (χ1) is 13.8. The Kier molecular flexibility index (Phi) is 8.62. The average Bonchev–Trinajstić information content (AvgIpc) is 2.70. The molecule has 2 aromatic rings. The third-order valence-corrected chi connectivity index (χ3v) is 5.65. The lowest BCUT2D eigenvalue weighted by Gasteiger charge is -2.30. The van der Waals surface area contributed by atoms with Crippen molar-refractivity contribution >= 4 is 46.6 Å². The number of carbonyl (C=O) groups excluding carboxylic acids is 2. The van der Waals surface area contributed by atoms with E-state index in [9.17, 15) is 9.59 Å². The van der Waals surface area contributed by atoms with Crippen LogP contribution in [0.4, 0.5) is 0 Å². The second kappa shape index (κ2) is 10.7. The number of halogens is 3. The van der Waals surface area contributed by atoms with Crippen molar-refractivity contribution in [3.63, 3.8) is 0 Å². The molecule has 0 saturated carbocycles. The summed E-state index contributed by atoms with van der Waals surface area (Å²) in [6.07, 6.45) is 0.424. The van der Waals surface area contributed by atoms with E-state index < -0.39 is 6.04 Å². The molecule has 2 rings (SSSR count). The molecule has 8 heteroatoms. The number of hydrogen-bond donors (Lipinski definition) is 1. The maximum Gasteiger partial charge on any atom is 0.261 e. The fourth-order valence-corrected chi connectivity index (χ4v) is 3.51. The van der Waals surface area contributed by atoms with Crippen LogP contribution in [0.15, 0.2) is 36.4 Å². The highest BCUT2D eigenvalue weighted by atomic mass is 35.5. The SMILES string of the molecule is CC[C@H](C(=O)NC)N(Cc1c(Cl)cccc1Cl)C(=O)COc1ccc(Cl)c(C)c1. The molecule has 0 bridgehead atoms. The van der Waals surface area contributed by atoms with E-state index in [0.29, 0.717) is 32.8 Å². The predicted octanol–water partition coefficient (Wildman–Crippen LogP) is 4.89. The van der Waals surface area contributed by atoms with Crippen molar-refractivity contribution in [2.75, 3.05) is 13.7 Å². The van der Waals surface area contributed by atoms with Gasteiger partial charge in [-0.05, 0) is 49.2 Å². The molecule has 29 heavy (non-hydrogen) atoms. The molecule has 0 spiro atoms. The van der Waals surface area contributed by atoms with Crippen LogP contribution in [0.2, 0.25) is 15.1 Å². The minimum absolute atomic E-state index is 0.0896. The Morgan fingerprint density at radius 3 is 2.31 bits per heavy atom. The first-order valence-electron chi connectivity index (χ1n) is 9.11. The molecule has 1 atom stereocenters. The fraction of sp³-hybridized carbons (Fsp3) is 0.333. The minimum atomic E-state index is -0.685. The van der Waals surface area contributed by atoms with Gasteiger partial charge in [-0.15, -0.1) is 0 Å². The van der Waals surface area contributed by atoms with Crippen LogP contribution in [-0.2, 0) is 16.1 Å². The Hall–Kier alpha value is -1.95. The summed E-state index contributed by atoms with van der Waals surface area (Å²) in [4.78, 5) is 26.8. The normalized spacial score (nSPS) is 11.7. The van der Waals surface area contributed by atoms with Gasteiger partial charge in [0.2, 0.25) is 5.91 Å². The monoisotopic (exact) mass is 456 g/mol. The van der Waals surface area contributed by atoms with Gasteiger partial charge in [-0.25, -0.2) is 0 Å². The van der Waals surface area contributed by atoms with Gasteiger partial charge in [-0.1, -0.05) is 47.8 Å². The highest BCUT2D eigenvalue weighted by molar-refractivity contribution is 6.36. The maximum atomic E-state index is 13.0. The number of rotatable bonds is 8. The van der Waals surface area contributed by atoms with Crippen molar-refractivity contribution in [3.05, 3.63) is 62.6 Å². The van der Waals surface area contributed by atoms with E-state index in [1.54, 1.807) is 36.4 Å². The van der Waals surface area contributed by atoms with Gasteiger partial charge in [0.25, 0.3) is 5.91 Å². The van der Waals surface area contributed by atoms with Crippen LogP contribution in [-0.4, -0.2) is 36.4 Å². The molecule has 0 aromatic heterocycles. The van der Waals surface area contributed by atoms with Gasteiger partial charge >= 0.3 is 0 Å². The number of carbonyl (C=O) groups is 2. The summed E-state index contributed by atoms with van der Waals surface area (Å²) in [5, 5.41) is 4.07. The van der Waals surface area contributed by atoms with Crippen molar-refractivity contribution < 1.29 is 14.3 Å². The number of ether oxygens (including phenoxy) is 1. The van der Waals surface area contributed by atoms with Crippen molar-refractivity contribution in [2.45, 2.75) is 32.9 Å². The number of hydrogen-bond acceptors (Lipinski definition) is 3. The van der Waals surface area contributed by atoms with E-state index in [1.165, 1.54) is 11.9 Å². The van der Waals surface area contributed by atoms with E-state index in [2.05, 4.69) is 5.32 Å². The number of likely N-dealkylation sites (N-methyl/N-ethyl adjacent to an activating group) is 1. The maximum absolute atomic E-state index is 13.0. The topological polar surface area (TPSA) is 58.6 Å². The number of aryl methyl sites for hydroxylation is 1. The van der Waals surface area contributed by atoms with E-state index >= 15 is 0 Å². The molecule has 0 heterocycles. The summed E-state index contributed by atoms with van der Waals surface area (Å²) < 4.78 is 5.64. The molecule has 0 fully saturated rings. The summed E-state index contributed by atoms with van der Waals surface area (Å²) in [7, 11) is 1.53. The molecule has 1 N–H and O–H groups in total. The zero-order valence-corrected chi connectivity index (χ0v) is 18.7. The standard InChI is InChI=1S/C21H23Cl3N2O3/c1-4-19(21(28)25-3)26(11-15-17(23)6-5-7-18(15)24)20(27)12-29-14-8-9-16(22)13(2)10-14/h5-10,19H,4,11-12H2,1-3H3,(H,25,28)/t19-/m1/s1. The van der Waals surface area contributed by atoms with Gasteiger partial charge in [0.1, 0.15) is 11.8 Å². The average molecular weight is 458 g/mol. The van der Waals surface area contributed by atoms with Crippen LogP contribution in [0.25, 0.3) is 0 Å². The molecule has 2 amide bonds. The van der Waals surface area contributed by atoms with E-state index in [1.807, 2.05) is 13.8 Å². The molecular formula is C21H23Cl3N2O3. The Labute approximate surface area is 185 Å². The van der Waals surface area contributed by atoms with Crippen molar-refractivity contribution in [1.29, 1.82) is 0 Å². The van der Waals surface area contributed by atoms with Crippen LogP contribution in [0, 0.1) is 6.92 Å². The van der Waals surface area contributed by atoms with Gasteiger partial charge in [0.05, 0.1) is 0 Å². The van der Waals surface area contributed by atoms with Crippen LogP contribution in [0.5, 0.6) is 5.75 Å². The minimum Gasteiger partial charge on any atom is -0.484 e. The molecule has 0 saturated heterocycles. The number of nitrogens with one attached hydrogen (secondary N) is 1. The van der Waals surface area contributed by atoms with Gasteiger partial charge in [-0.3, -0.25) is 9.59 Å². The van der Waals surface area contributed by atoms with Crippen molar-refractivity contribution in [2.24, 2.45) is 0 Å². The summed E-state index contributed by atoms with van der Waals surface area (Å²) in [6.45, 7) is 3.53. The summed E-state index contributed by atoms with van der Waals surface area (Å²) in [5.74, 6) is -0.112. The lowest BCUT2D eigenvalue weighted by molar-refractivity contribution is -0.142. The van der Waals surface area contributed by atoms with Gasteiger partial charge in [0, 0.05) is 34.2 Å². The second-order valence-corrected chi connectivity index (χ2v) is 7.68. The molecule has 2 aromatic carbocycles. The van der Waals surface area contributed by atoms with Crippen LogP contribution in [0.1, 0.15) is 24.5 Å². The Morgan fingerprint density at radius 2 is 1.76 bits per heavy atom. The van der Waals surface area contributed by atoms with Crippen molar-refractivity contribution in [1.82, 2.24) is 10.2 Å². The van der Waals surface area contributed by atoms with E-state index in [-0.39, 0.29) is 25.0 Å². The van der Waals surface area contributed by atoms with E-state index in [0.717, 1.165) is 5.56 Å². The summed E-state index contributed by atoms with van der Waals surface area (Å²) in [6, 6.07) is 9.57. The molecule has 0 radical (unpaired) electrons. The predicted molar refractivity (Wildman–Crippen MR) is 117 cm³/mol. The molecular weight excluding hydrogens is 435 g/mol. The Bertz CT molecular complexity index is 869.